The second-order valence-corrected chi connectivity index (χ2v) is 11.6. The summed E-state index contributed by atoms with van der Waals surface area (Å²) in [6, 6.07) is 13.2. The first-order chi connectivity index (χ1) is 17.8. The highest BCUT2D eigenvalue weighted by Crippen LogP contribution is 2.29. The predicted octanol–water partition coefficient (Wildman–Crippen LogP) is 4.79. The standard InChI is InChI=1S/C24H19Cl2N3O6S2/c25-19-7-5-17(36-19)22(31)29(23(32)18-6-8-20(26)37-18)12-16-11-28(24(33)35-16)15-3-1-14(2-4-15)27-9-10-34-13-21(27)30/h1-8,16H,9-13H2/t16-/m1/s1. The van der Waals surface area contributed by atoms with Gasteiger partial charge in [0.15, 0.2) is 0 Å². The molecule has 13 heteroatoms. The molecular weight excluding hydrogens is 561 g/mol. The number of hydrogen-bond donors (Lipinski definition) is 0. The first kappa shape index (κ1) is 25.7. The smallest absolute Gasteiger partial charge is 0.414 e. The average Bonchev–Trinajstić information content (AvgIpc) is 3.62. The van der Waals surface area contributed by atoms with Gasteiger partial charge in [0.05, 0.1) is 38.1 Å². The summed E-state index contributed by atoms with van der Waals surface area (Å²) in [6.07, 6.45) is -1.36. The minimum absolute atomic E-state index is 0.0329. The Balaban J connectivity index is 1.32. The van der Waals surface area contributed by atoms with Gasteiger partial charge in [-0.25, -0.2) is 4.79 Å². The zero-order chi connectivity index (χ0) is 26.1. The Hall–Kier alpha value is -2.96. The monoisotopic (exact) mass is 579 g/mol. The highest BCUT2D eigenvalue weighted by Gasteiger charge is 2.37. The van der Waals surface area contributed by atoms with Crippen LogP contribution in [0.5, 0.6) is 0 Å². The molecule has 2 aromatic heterocycles. The van der Waals surface area contributed by atoms with E-state index in [0.29, 0.717) is 33.2 Å². The van der Waals surface area contributed by atoms with Crippen molar-refractivity contribution in [1.82, 2.24) is 4.90 Å². The van der Waals surface area contributed by atoms with E-state index in [2.05, 4.69) is 0 Å². The molecular formula is C24H19Cl2N3O6S2. The molecule has 2 aliphatic heterocycles. The lowest BCUT2D eigenvalue weighted by Crippen LogP contribution is -2.42. The Morgan fingerprint density at radius 2 is 1.46 bits per heavy atom. The minimum Gasteiger partial charge on any atom is -0.442 e. The molecule has 4 heterocycles. The molecule has 4 amide bonds. The number of nitrogens with zero attached hydrogens (tertiary/aromatic N) is 3. The minimum atomic E-state index is -0.758. The van der Waals surface area contributed by atoms with Gasteiger partial charge >= 0.3 is 6.09 Å². The van der Waals surface area contributed by atoms with Gasteiger partial charge in [0, 0.05) is 17.9 Å². The summed E-state index contributed by atoms with van der Waals surface area (Å²) in [6.45, 7) is 0.921. The Labute approximate surface area is 229 Å². The van der Waals surface area contributed by atoms with Crippen LogP contribution in [0.15, 0.2) is 48.5 Å². The summed E-state index contributed by atoms with van der Waals surface area (Å²) >= 11 is 14.1. The molecule has 1 atom stereocenters. The van der Waals surface area contributed by atoms with E-state index in [1.165, 1.54) is 4.90 Å². The van der Waals surface area contributed by atoms with Crippen molar-refractivity contribution < 1.29 is 28.7 Å². The van der Waals surface area contributed by atoms with E-state index in [0.717, 1.165) is 27.6 Å². The van der Waals surface area contributed by atoms with Crippen molar-refractivity contribution in [1.29, 1.82) is 0 Å². The number of halogens is 2. The molecule has 5 rings (SSSR count). The molecule has 2 saturated heterocycles. The summed E-state index contributed by atoms with van der Waals surface area (Å²) in [5.74, 6) is -1.21. The molecule has 0 bridgehead atoms. The fourth-order valence-corrected chi connectivity index (χ4v) is 6.00. The van der Waals surface area contributed by atoms with Crippen LogP contribution in [0, 0.1) is 0 Å². The molecule has 3 aromatic rings. The highest BCUT2D eigenvalue weighted by molar-refractivity contribution is 7.18. The van der Waals surface area contributed by atoms with E-state index < -0.39 is 24.0 Å². The van der Waals surface area contributed by atoms with Crippen LogP contribution in [0.25, 0.3) is 0 Å². The first-order valence-electron chi connectivity index (χ1n) is 11.1. The molecule has 0 N–H and O–H groups in total. The molecule has 192 valence electrons. The van der Waals surface area contributed by atoms with Gasteiger partial charge in [-0.15, -0.1) is 22.7 Å². The molecule has 0 unspecified atom stereocenters. The number of hydrogen-bond acceptors (Lipinski definition) is 8. The number of carbonyl (C=O) groups excluding carboxylic acids is 4. The largest absolute Gasteiger partial charge is 0.442 e. The Morgan fingerprint density at radius 1 is 0.892 bits per heavy atom. The molecule has 0 spiro atoms. The van der Waals surface area contributed by atoms with E-state index in [1.54, 1.807) is 53.4 Å². The van der Waals surface area contributed by atoms with Crippen molar-refractivity contribution in [3.05, 3.63) is 67.0 Å². The first-order valence-corrected chi connectivity index (χ1v) is 13.5. The maximum Gasteiger partial charge on any atom is 0.414 e. The molecule has 37 heavy (non-hydrogen) atoms. The van der Waals surface area contributed by atoms with Crippen molar-refractivity contribution in [2.75, 3.05) is 42.6 Å². The van der Waals surface area contributed by atoms with E-state index in [1.807, 2.05) is 0 Å². The lowest BCUT2D eigenvalue weighted by Gasteiger charge is -2.27. The maximum absolute atomic E-state index is 13.2. The number of thiophene rings is 2. The molecule has 2 aliphatic rings. The number of imide groups is 1. The van der Waals surface area contributed by atoms with Gasteiger partial charge in [0.2, 0.25) is 0 Å². The molecule has 0 aliphatic carbocycles. The van der Waals surface area contributed by atoms with Crippen molar-refractivity contribution in [2.24, 2.45) is 0 Å². The van der Waals surface area contributed by atoms with Crippen LogP contribution in [0.4, 0.5) is 16.2 Å². The van der Waals surface area contributed by atoms with Crippen LogP contribution in [0.3, 0.4) is 0 Å². The normalized spacial score (nSPS) is 17.7. The number of cyclic esters (lactones) is 1. The van der Waals surface area contributed by atoms with Crippen LogP contribution in [-0.4, -0.2) is 67.7 Å². The maximum atomic E-state index is 13.2. The number of amides is 4. The number of ether oxygens (including phenoxy) is 2. The molecule has 2 fully saturated rings. The Morgan fingerprint density at radius 3 is 1.97 bits per heavy atom. The quantitative estimate of drug-likeness (QED) is 0.390. The fourth-order valence-electron chi connectivity index (χ4n) is 4.02. The lowest BCUT2D eigenvalue weighted by atomic mass is 10.2. The number of anilines is 2. The fraction of sp³-hybridized carbons (Fsp3) is 0.250. The second kappa shape index (κ2) is 10.8. The highest BCUT2D eigenvalue weighted by atomic mass is 35.5. The van der Waals surface area contributed by atoms with Gasteiger partial charge in [-0.3, -0.25) is 24.2 Å². The summed E-state index contributed by atoms with van der Waals surface area (Å²) < 4.78 is 11.5. The Bertz CT molecular complexity index is 1310. The third-order valence-electron chi connectivity index (χ3n) is 5.78. The molecule has 0 saturated carbocycles. The topological polar surface area (TPSA) is 96.5 Å². The number of carbonyl (C=O) groups is 4. The zero-order valence-corrected chi connectivity index (χ0v) is 22.2. The van der Waals surface area contributed by atoms with Gasteiger partial charge in [-0.1, -0.05) is 23.2 Å². The van der Waals surface area contributed by atoms with Crippen molar-refractivity contribution >= 4 is 81.1 Å². The summed E-state index contributed by atoms with van der Waals surface area (Å²) in [5.41, 5.74) is 1.27. The third-order valence-corrected chi connectivity index (χ3v) is 8.22. The van der Waals surface area contributed by atoms with Crippen LogP contribution in [0.1, 0.15) is 19.3 Å². The molecule has 1 aromatic carbocycles. The van der Waals surface area contributed by atoms with E-state index in [4.69, 9.17) is 32.7 Å². The summed E-state index contributed by atoms with van der Waals surface area (Å²) in [5, 5.41) is 0. The van der Waals surface area contributed by atoms with E-state index >= 15 is 0 Å². The van der Waals surface area contributed by atoms with Crippen LogP contribution in [-0.2, 0) is 14.3 Å². The molecule has 9 nitrogen and oxygen atoms in total. The van der Waals surface area contributed by atoms with Gasteiger partial charge < -0.3 is 14.4 Å². The van der Waals surface area contributed by atoms with Crippen LogP contribution in [0.2, 0.25) is 8.67 Å². The SMILES string of the molecule is O=C(c1ccc(Cl)s1)N(C[C@H]1CN(c2ccc(N3CCOCC3=O)cc2)C(=O)O1)C(=O)c1ccc(Cl)s1. The van der Waals surface area contributed by atoms with Gasteiger partial charge in [-0.2, -0.15) is 0 Å². The van der Waals surface area contributed by atoms with Crippen LogP contribution < -0.4 is 9.80 Å². The van der Waals surface area contributed by atoms with E-state index in [-0.39, 0.29) is 35.4 Å². The second-order valence-electron chi connectivity index (χ2n) is 8.16. The predicted molar refractivity (Wildman–Crippen MR) is 141 cm³/mol. The summed E-state index contributed by atoms with van der Waals surface area (Å²) in [7, 11) is 0. The average molecular weight is 580 g/mol. The van der Waals surface area contributed by atoms with Crippen molar-refractivity contribution in [2.45, 2.75) is 6.10 Å². The van der Waals surface area contributed by atoms with E-state index in [9.17, 15) is 19.2 Å². The van der Waals surface area contributed by atoms with Crippen molar-refractivity contribution in [3.8, 4) is 0 Å². The Kier molecular flexibility index (Phi) is 7.50. The zero-order valence-electron chi connectivity index (χ0n) is 19.1. The third kappa shape index (κ3) is 5.51. The lowest BCUT2D eigenvalue weighted by molar-refractivity contribution is -0.125. The van der Waals surface area contributed by atoms with Gasteiger partial charge in [-0.05, 0) is 48.5 Å². The molecule has 0 radical (unpaired) electrons. The number of morpholine rings is 1. The van der Waals surface area contributed by atoms with Crippen molar-refractivity contribution in [3.63, 3.8) is 0 Å². The van der Waals surface area contributed by atoms with Crippen LogP contribution >= 0.6 is 45.9 Å². The van der Waals surface area contributed by atoms with Gasteiger partial charge in [0.25, 0.3) is 17.7 Å². The number of rotatable bonds is 6. The summed E-state index contributed by atoms with van der Waals surface area (Å²) in [4.78, 5) is 56.0. The van der Waals surface area contributed by atoms with Gasteiger partial charge in [0.1, 0.15) is 12.7 Å². The number of benzene rings is 1.